The highest BCUT2D eigenvalue weighted by molar-refractivity contribution is 6.33. The third-order valence-electron chi connectivity index (χ3n) is 2.20. The maximum atomic E-state index is 11.9. The van der Waals surface area contributed by atoms with Gasteiger partial charge < -0.3 is 5.32 Å². The lowest BCUT2D eigenvalue weighted by Gasteiger charge is -2.07. The molecule has 0 fully saturated rings. The quantitative estimate of drug-likeness (QED) is 0.662. The molecule has 19 heavy (non-hydrogen) atoms. The van der Waals surface area contributed by atoms with Crippen LogP contribution in [0.4, 0.5) is 13.2 Å². The molecule has 0 saturated carbocycles. The summed E-state index contributed by atoms with van der Waals surface area (Å²) in [6.45, 7) is 0.159. The first-order chi connectivity index (χ1) is 8.78. The summed E-state index contributed by atoms with van der Waals surface area (Å²) in [7, 11) is 0. The lowest BCUT2D eigenvalue weighted by Crippen LogP contribution is -2.24. The second-order valence-electron chi connectivity index (χ2n) is 3.83. The molecule has 3 nitrogen and oxygen atoms in total. The van der Waals surface area contributed by atoms with Crippen LogP contribution in [0.2, 0.25) is 10.3 Å². The third-order valence-corrected chi connectivity index (χ3v) is 2.58. The fraction of sp³-hybridized carbons (Fsp3) is 0.455. The number of amides is 1. The number of rotatable bonds is 5. The van der Waals surface area contributed by atoms with Crippen molar-refractivity contribution >= 4 is 29.1 Å². The number of halogens is 5. The lowest BCUT2D eigenvalue weighted by molar-refractivity contribution is -0.135. The minimum Gasteiger partial charge on any atom is -0.352 e. The lowest BCUT2D eigenvalue weighted by atomic mass is 10.2. The Balaban J connectivity index is 2.35. The molecule has 1 amide bonds. The molecule has 1 aromatic rings. The van der Waals surface area contributed by atoms with Crippen LogP contribution in [0.5, 0.6) is 0 Å². The van der Waals surface area contributed by atoms with E-state index in [2.05, 4.69) is 10.3 Å². The van der Waals surface area contributed by atoms with Crippen LogP contribution in [0.3, 0.4) is 0 Å². The van der Waals surface area contributed by atoms with Gasteiger partial charge in [-0.25, -0.2) is 4.98 Å². The number of aromatic nitrogens is 1. The molecule has 1 heterocycles. The van der Waals surface area contributed by atoms with Crippen LogP contribution in [0, 0.1) is 0 Å². The third kappa shape index (κ3) is 6.63. The first kappa shape index (κ1) is 16.0. The Labute approximate surface area is 118 Å². The van der Waals surface area contributed by atoms with E-state index < -0.39 is 18.5 Å². The SMILES string of the molecule is O=C(NCCCCC(F)(F)F)c1cc(Cl)nc(Cl)c1. The molecule has 0 aromatic carbocycles. The van der Waals surface area contributed by atoms with Gasteiger partial charge in [0.2, 0.25) is 0 Å². The Bertz CT molecular complexity index is 432. The van der Waals surface area contributed by atoms with Crippen molar-refractivity contribution in [3.8, 4) is 0 Å². The number of pyridine rings is 1. The summed E-state index contributed by atoms with van der Waals surface area (Å²) >= 11 is 11.3. The van der Waals surface area contributed by atoms with Crippen molar-refractivity contribution in [2.45, 2.75) is 25.4 Å². The summed E-state index contributed by atoms with van der Waals surface area (Å²) in [6, 6.07) is 2.66. The van der Waals surface area contributed by atoms with Gasteiger partial charge in [-0.15, -0.1) is 0 Å². The number of alkyl halides is 3. The van der Waals surface area contributed by atoms with Crippen LogP contribution in [-0.2, 0) is 0 Å². The number of hydrogen-bond donors (Lipinski definition) is 1. The largest absolute Gasteiger partial charge is 0.389 e. The Morgan fingerprint density at radius 2 is 1.79 bits per heavy atom. The average molecular weight is 315 g/mol. The number of nitrogens with zero attached hydrogens (tertiary/aromatic N) is 1. The molecule has 0 aliphatic rings. The maximum Gasteiger partial charge on any atom is 0.389 e. The molecular weight excluding hydrogens is 304 g/mol. The van der Waals surface area contributed by atoms with E-state index in [4.69, 9.17) is 23.2 Å². The summed E-state index contributed by atoms with van der Waals surface area (Å²) in [5.74, 6) is -0.446. The summed E-state index contributed by atoms with van der Waals surface area (Å²) in [4.78, 5) is 15.3. The van der Waals surface area contributed by atoms with E-state index in [1.54, 1.807) is 0 Å². The minimum atomic E-state index is -4.16. The van der Waals surface area contributed by atoms with Gasteiger partial charge in [-0.2, -0.15) is 13.2 Å². The van der Waals surface area contributed by atoms with E-state index in [1.807, 2.05) is 0 Å². The summed E-state index contributed by atoms with van der Waals surface area (Å²) < 4.78 is 35.6. The smallest absolute Gasteiger partial charge is 0.352 e. The minimum absolute atomic E-state index is 0.0262. The summed E-state index contributed by atoms with van der Waals surface area (Å²) in [5.41, 5.74) is 0.223. The molecule has 0 unspecified atom stereocenters. The van der Waals surface area contributed by atoms with Crippen LogP contribution in [-0.4, -0.2) is 23.6 Å². The van der Waals surface area contributed by atoms with E-state index in [0.29, 0.717) is 0 Å². The molecule has 0 atom stereocenters. The Morgan fingerprint density at radius 3 is 2.32 bits per heavy atom. The second-order valence-corrected chi connectivity index (χ2v) is 4.60. The standard InChI is InChI=1S/C11H11Cl2F3N2O/c12-8-5-7(6-9(13)18-8)10(19)17-4-2-1-3-11(14,15)16/h5-6H,1-4H2,(H,17,19). The molecule has 1 N–H and O–H groups in total. The van der Waals surface area contributed by atoms with Gasteiger partial charge in [-0.1, -0.05) is 23.2 Å². The van der Waals surface area contributed by atoms with E-state index in [1.165, 1.54) is 12.1 Å². The average Bonchev–Trinajstić information content (AvgIpc) is 2.25. The van der Waals surface area contributed by atoms with Crippen LogP contribution in [0.25, 0.3) is 0 Å². The fourth-order valence-corrected chi connectivity index (χ4v) is 1.81. The number of unbranched alkanes of at least 4 members (excludes halogenated alkanes) is 1. The van der Waals surface area contributed by atoms with Gasteiger partial charge in [0.1, 0.15) is 10.3 Å². The molecule has 0 bridgehead atoms. The molecular formula is C11H11Cl2F3N2O. The molecule has 8 heteroatoms. The van der Waals surface area contributed by atoms with Crippen molar-refractivity contribution in [2.75, 3.05) is 6.54 Å². The van der Waals surface area contributed by atoms with Crippen LogP contribution in [0.1, 0.15) is 29.6 Å². The zero-order chi connectivity index (χ0) is 14.5. The van der Waals surface area contributed by atoms with Gasteiger partial charge >= 0.3 is 6.18 Å². The zero-order valence-corrected chi connectivity index (χ0v) is 11.2. The van der Waals surface area contributed by atoms with Gasteiger partial charge in [-0.3, -0.25) is 4.79 Å². The molecule has 0 radical (unpaired) electrons. The Morgan fingerprint density at radius 1 is 1.21 bits per heavy atom. The van der Waals surface area contributed by atoms with Crippen molar-refractivity contribution in [3.05, 3.63) is 28.0 Å². The highest BCUT2D eigenvalue weighted by Gasteiger charge is 2.25. The van der Waals surface area contributed by atoms with Crippen LogP contribution in [0.15, 0.2) is 12.1 Å². The molecule has 1 rings (SSSR count). The van der Waals surface area contributed by atoms with E-state index in [9.17, 15) is 18.0 Å². The van der Waals surface area contributed by atoms with Crippen molar-refractivity contribution in [2.24, 2.45) is 0 Å². The van der Waals surface area contributed by atoms with Gasteiger partial charge in [0.25, 0.3) is 5.91 Å². The van der Waals surface area contributed by atoms with Crippen molar-refractivity contribution in [1.82, 2.24) is 10.3 Å². The Kier molecular flexibility index (Phi) is 5.87. The second kappa shape index (κ2) is 6.96. The Hall–Kier alpha value is -1.01. The first-order valence-electron chi connectivity index (χ1n) is 5.46. The van der Waals surface area contributed by atoms with Gasteiger partial charge in [0.15, 0.2) is 0 Å². The highest BCUT2D eigenvalue weighted by atomic mass is 35.5. The maximum absolute atomic E-state index is 11.9. The molecule has 0 spiro atoms. The molecule has 0 aliphatic heterocycles. The van der Waals surface area contributed by atoms with E-state index in [-0.39, 0.29) is 35.3 Å². The predicted octanol–water partition coefficient (Wildman–Crippen LogP) is 3.85. The normalized spacial score (nSPS) is 11.4. The topological polar surface area (TPSA) is 42.0 Å². The number of nitrogens with one attached hydrogen (secondary N) is 1. The number of hydrogen-bond acceptors (Lipinski definition) is 2. The highest BCUT2D eigenvalue weighted by Crippen LogP contribution is 2.21. The van der Waals surface area contributed by atoms with Crippen LogP contribution < -0.4 is 5.32 Å². The van der Waals surface area contributed by atoms with Gasteiger partial charge in [-0.05, 0) is 25.0 Å². The number of carbonyl (C=O) groups is 1. The molecule has 106 valence electrons. The zero-order valence-electron chi connectivity index (χ0n) is 9.73. The number of carbonyl (C=O) groups excluding carboxylic acids is 1. The molecule has 1 aromatic heterocycles. The van der Waals surface area contributed by atoms with Crippen LogP contribution >= 0.6 is 23.2 Å². The fourth-order valence-electron chi connectivity index (χ4n) is 1.35. The van der Waals surface area contributed by atoms with Crippen molar-refractivity contribution in [1.29, 1.82) is 0 Å². The monoisotopic (exact) mass is 314 g/mol. The van der Waals surface area contributed by atoms with E-state index >= 15 is 0 Å². The summed E-state index contributed by atoms with van der Waals surface area (Å²) in [6.07, 6.45) is -4.79. The molecule has 0 aliphatic carbocycles. The predicted molar refractivity (Wildman–Crippen MR) is 66.5 cm³/mol. The van der Waals surface area contributed by atoms with E-state index in [0.717, 1.165) is 0 Å². The first-order valence-corrected chi connectivity index (χ1v) is 6.21. The van der Waals surface area contributed by atoms with Crippen molar-refractivity contribution < 1.29 is 18.0 Å². The van der Waals surface area contributed by atoms with Crippen molar-refractivity contribution in [3.63, 3.8) is 0 Å². The van der Waals surface area contributed by atoms with Gasteiger partial charge in [0.05, 0.1) is 0 Å². The molecule has 0 saturated heterocycles. The van der Waals surface area contributed by atoms with Gasteiger partial charge in [0, 0.05) is 18.5 Å². The summed E-state index contributed by atoms with van der Waals surface area (Å²) in [5, 5.41) is 2.65.